The molecule has 1 amide bonds. The highest BCUT2D eigenvalue weighted by molar-refractivity contribution is 6.33. The molecule has 0 saturated carbocycles. The quantitative estimate of drug-likeness (QED) is 0.792. The average Bonchev–Trinajstić information content (AvgIpc) is 2.57. The molecule has 0 bridgehead atoms. The monoisotopic (exact) mass is 333 g/mol. The number of nitrogens with zero attached hydrogens (tertiary/aromatic N) is 1. The zero-order chi connectivity index (χ0) is 16.7. The number of nitrogens with one attached hydrogen (secondary N) is 2. The Labute approximate surface area is 138 Å². The number of hydrogen-bond acceptors (Lipinski definition) is 5. The topological polar surface area (TPSA) is 80.3 Å². The van der Waals surface area contributed by atoms with Crippen LogP contribution in [-0.2, 0) is 16.1 Å². The Morgan fingerprint density at radius 2 is 2.13 bits per heavy atom. The second kappa shape index (κ2) is 8.26. The van der Waals surface area contributed by atoms with Crippen LogP contribution in [0.4, 0.5) is 5.69 Å². The summed E-state index contributed by atoms with van der Waals surface area (Å²) in [5.41, 5.74) is 1.66. The Bertz CT molecular complexity index is 692. The number of amides is 1. The van der Waals surface area contributed by atoms with Gasteiger partial charge in [-0.25, -0.2) is 4.79 Å². The van der Waals surface area contributed by atoms with Crippen LogP contribution in [0.3, 0.4) is 0 Å². The van der Waals surface area contributed by atoms with Crippen molar-refractivity contribution < 1.29 is 14.3 Å². The first-order chi connectivity index (χ1) is 11.1. The van der Waals surface area contributed by atoms with Crippen molar-refractivity contribution in [1.29, 1.82) is 0 Å². The lowest BCUT2D eigenvalue weighted by molar-refractivity contribution is -0.115. The van der Waals surface area contributed by atoms with Gasteiger partial charge in [0.25, 0.3) is 0 Å². The zero-order valence-electron chi connectivity index (χ0n) is 12.5. The van der Waals surface area contributed by atoms with Gasteiger partial charge in [-0.3, -0.25) is 9.78 Å². The molecule has 0 unspecified atom stereocenters. The van der Waals surface area contributed by atoms with Gasteiger partial charge in [0.05, 0.1) is 29.9 Å². The van der Waals surface area contributed by atoms with Crippen molar-refractivity contribution in [2.24, 2.45) is 0 Å². The molecule has 2 aromatic rings. The van der Waals surface area contributed by atoms with Crippen LogP contribution in [0.5, 0.6) is 0 Å². The molecule has 0 spiro atoms. The summed E-state index contributed by atoms with van der Waals surface area (Å²) >= 11 is 6.02. The van der Waals surface area contributed by atoms with Crippen LogP contribution in [0.25, 0.3) is 0 Å². The molecular formula is C16H16ClN3O3. The maximum atomic E-state index is 11.9. The van der Waals surface area contributed by atoms with Crippen LogP contribution in [-0.4, -0.2) is 30.5 Å². The minimum Gasteiger partial charge on any atom is -0.465 e. The first-order valence-electron chi connectivity index (χ1n) is 6.87. The number of esters is 1. The van der Waals surface area contributed by atoms with Gasteiger partial charge >= 0.3 is 5.97 Å². The highest BCUT2D eigenvalue weighted by Gasteiger charge is 2.11. The number of benzene rings is 1. The maximum absolute atomic E-state index is 11.9. The molecule has 0 fully saturated rings. The predicted molar refractivity (Wildman–Crippen MR) is 87.4 cm³/mol. The molecule has 1 aromatic carbocycles. The fraction of sp³-hybridized carbons (Fsp3) is 0.188. The number of ether oxygens (including phenoxy) is 1. The number of hydrogen-bond donors (Lipinski definition) is 2. The molecule has 2 N–H and O–H groups in total. The number of aromatic nitrogens is 1. The first kappa shape index (κ1) is 16.9. The Hall–Kier alpha value is -2.44. The molecule has 120 valence electrons. The van der Waals surface area contributed by atoms with E-state index in [2.05, 4.69) is 20.4 Å². The lowest BCUT2D eigenvalue weighted by Crippen LogP contribution is -2.28. The summed E-state index contributed by atoms with van der Waals surface area (Å²) < 4.78 is 4.64. The second-order valence-electron chi connectivity index (χ2n) is 4.70. The Balaban J connectivity index is 1.91. The van der Waals surface area contributed by atoms with Crippen LogP contribution in [0, 0.1) is 0 Å². The van der Waals surface area contributed by atoms with Gasteiger partial charge in [0.2, 0.25) is 5.91 Å². The summed E-state index contributed by atoms with van der Waals surface area (Å²) in [6.45, 7) is 0.630. The van der Waals surface area contributed by atoms with Crippen molar-refractivity contribution in [3.8, 4) is 0 Å². The van der Waals surface area contributed by atoms with Gasteiger partial charge in [-0.15, -0.1) is 0 Å². The molecule has 1 heterocycles. The van der Waals surface area contributed by atoms with E-state index >= 15 is 0 Å². The van der Waals surface area contributed by atoms with Crippen molar-refractivity contribution >= 4 is 29.2 Å². The van der Waals surface area contributed by atoms with Crippen LogP contribution < -0.4 is 10.6 Å². The molecule has 0 aliphatic heterocycles. The van der Waals surface area contributed by atoms with Crippen LogP contribution in [0.2, 0.25) is 5.02 Å². The minimum atomic E-state index is -0.494. The molecule has 6 nitrogen and oxygen atoms in total. The Morgan fingerprint density at radius 3 is 2.83 bits per heavy atom. The Kier molecular flexibility index (Phi) is 6.08. The molecular weight excluding hydrogens is 318 g/mol. The summed E-state index contributed by atoms with van der Waals surface area (Å²) in [5, 5.41) is 6.01. The molecule has 0 aliphatic rings. The van der Waals surface area contributed by atoms with Gasteiger partial charge in [0.1, 0.15) is 0 Å². The number of rotatable bonds is 6. The third-order valence-corrected chi connectivity index (χ3v) is 3.33. The third-order valence-electron chi connectivity index (χ3n) is 3.00. The lowest BCUT2D eigenvalue weighted by atomic mass is 10.2. The number of carbonyl (C=O) groups excluding carboxylic acids is 2. The smallest absolute Gasteiger partial charge is 0.337 e. The van der Waals surface area contributed by atoms with Crippen molar-refractivity contribution in [2.75, 3.05) is 19.0 Å². The van der Waals surface area contributed by atoms with Crippen LogP contribution in [0.1, 0.15) is 15.9 Å². The van der Waals surface area contributed by atoms with E-state index in [-0.39, 0.29) is 12.5 Å². The average molecular weight is 334 g/mol. The lowest BCUT2D eigenvalue weighted by Gasteiger charge is -2.09. The molecule has 1 aromatic heterocycles. The van der Waals surface area contributed by atoms with E-state index in [1.54, 1.807) is 12.4 Å². The SMILES string of the molecule is COC(=O)c1ccc(Cl)c(NC(=O)CNCc2cccnc2)c1. The van der Waals surface area contributed by atoms with Crippen molar-refractivity contribution in [3.63, 3.8) is 0 Å². The molecule has 0 saturated heterocycles. The number of anilines is 1. The normalized spacial score (nSPS) is 10.2. The van der Waals surface area contributed by atoms with E-state index in [4.69, 9.17) is 11.6 Å². The van der Waals surface area contributed by atoms with Crippen LogP contribution in [0.15, 0.2) is 42.7 Å². The van der Waals surface area contributed by atoms with Gasteiger partial charge in [0.15, 0.2) is 0 Å². The molecule has 0 radical (unpaired) electrons. The maximum Gasteiger partial charge on any atom is 0.337 e. The number of methoxy groups -OCH3 is 1. The van der Waals surface area contributed by atoms with E-state index in [1.165, 1.54) is 25.3 Å². The largest absolute Gasteiger partial charge is 0.465 e. The fourth-order valence-electron chi connectivity index (χ4n) is 1.88. The summed E-state index contributed by atoms with van der Waals surface area (Å²) in [5.74, 6) is -0.760. The van der Waals surface area contributed by atoms with E-state index in [0.29, 0.717) is 22.8 Å². The molecule has 23 heavy (non-hydrogen) atoms. The molecule has 0 aliphatic carbocycles. The number of carbonyl (C=O) groups is 2. The summed E-state index contributed by atoms with van der Waals surface area (Å²) in [6, 6.07) is 8.29. The zero-order valence-corrected chi connectivity index (χ0v) is 13.3. The fourth-order valence-corrected chi connectivity index (χ4v) is 2.05. The van der Waals surface area contributed by atoms with E-state index in [1.807, 2.05) is 12.1 Å². The van der Waals surface area contributed by atoms with Gasteiger partial charge in [-0.05, 0) is 29.8 Å². The molecule has 7 heteroatoms. The highest BCUT2D eigenvalue weighted by atomic mass is 35.5. The molecule has 0 atom stereocenters. The third kappa shape index (κ3) is 5.05. The predicted octanol–water partition coefficient (Wildman–Crippen LogP) is 2.25. The van der Waals surface area contributed by atoms with Gasteiger partial charge in [-0.2, -0.15) is 0 Å². The van der Waals surface area contributed by atoms with Gasteiger partial charge in [0, 0.05) is 18.9 Å². The number of pyridine rings is 1. The summed E-state index contributed by atoms with van der Waals surface area (Å²) in [6.07, 6.45) is 3.41. The van der Waals surface area contributed by atoms with E-state index < -0.39 is 5.97 Å². The van der Waals surface area contributed by atoms with Crippen LogP contribution >= 0.6 is 11.6 Å². The van der Waals surface area contributed by atoms with Crippen molar-refractivity contribution in [1.82, 2.24) is 10.3 Å². The molecule has 2 rings (SSSR count). The van der Waals surface area contributed by atoms with Gasteiger partial charge < -0.3 is 15.4 Å². The van der Waals surface area contributed by atoms with E-state index in [0.717, 1.165) is 5.56 Å². The van der Waals surface area contributed by atoms with E-state index in [9.17, 15) is 9.59 Å². The first-order valence-corrected chi connectivity index (χ1v) is 7.25. The van der Waals surface area contributed by atoms with Crippen molar-refractivity contribution in [3.05, 3.63) is 58.9 Å². The van der Waals surface area contributed by atoms with Crippen molar-refractivity contribution in [2.45, 2.75) is 6.54 Å². The highest BCUT2D eigenvalue weighted by Crippen LogP contribution is 2.23. The summed E-state index contributed by atoms with van der Waals surface area (Å²) in [4.78, 5) is 27.4. The number of halogens is 1. The summed E-state index contributed by atoms with van der Waals surface area (Å²) in [7, 11) is 1.29. The minimum absolute atomic E-state index is 0.105. The van der Waals surface area contributed by atoms with Gasteiger partial charge in [-0.1, -0.05) is 17.7 Å². The second-order valence-corrected chi connectivity index (χ2v) is 5.11. The standard InChI is InChI=1S/C16H16ClN3O3/c1-23-16(22)12-4-5-13(17)14(7-12)20-15(21)10-19-9-11-3-2-6-18-8-11/h2-8,19H,9-10H2,1H3,(H,20,21). The Morgan fingerprint density at radius 1 is 1.30 bits per heavy atom.